The van der Waals surface area contributed by atoms with Gasteiger partial charge >= 0.3 is 6.16 Å². The fourth-order valence-electron chi connectivity index (χ4n) is 2.32. The summed E-state index contributed by atoms with van der Waals surface area (Å²) in [5, 5.41) is 0. The van der Waals surface area contributed by atoms with Gasteiger partial charge in [-0.15, -0.1) is 0 Å². The van der Waals surface area contributed by atoms with Gasteiger partial charge in [-0.05, 0) is 18.4 Å². The smallest absolute Gasteiger partial charge is 0.431 e. The second kappa shape index (κ2) is 7.70. The van der Waals surface area contributed by atoms with Crippen LogP contribution >= 0.6 is 0 Å². The molecule has 0 aliphatic carbocycles. The molecule has 1 aliphatic rings. The normalized spacial score (nSPS) is 16.6. The first-order valence-corrected chi connectivity index (χ1v) is 6.98. The number of likely N-dealkylation sites (tertiary alicyclic amines) is 1. The van der Waals surface area contributed by atoms with Crippen molar-refractivity contribution in [1.29, 1.82) is 0 Å². The van der Waals surface area contributed by atoms with Crippen molar-refractivity contribution in [2.24, 2.45) is 0 Å². The van der Waals surface area contributed by atoms with Crippen molar-refractivity contribution in [1.82, 2.24) is 4.90 Å². The first kappa shape index (κ1) is 14.6. The van der Waals surface area contributed by atoms with E-state index in [1.807, 2.05) is 6.07 Å². The SMILES string of the molecule is C=CCOC(=O)OC1CCN(Cc2ccccc2)CC1. The Morgan fingerprint density at radius 1 is 1.30 bits per heavy atom. The van der Waals surface area contributed by atoms with Crippen LogP contribution in [0.4, 0.5) is 4.79 Å². The van der Waals surface area contributed by atoms with Crippen molar-refractivity contribution in [2.75, 3.05) is 19.7 Å². The van der Waals surface area contributed by atoms with Gasteiger partial charge in [0.25, 0.3) is 0 Å². The maximum Gasteiger partial charge on any atom is 0.508 e. The summed E-state index contributed by atoms with van der Waals surface area (Å²) >= 11 is 0. The van der Waals surface area contributed by atoms with E-state index in [9.17, 15) is 4.79 Å². The van der Waals surface area contributed by atoms with Crippen molar-refractivity contribution in [3.05, 3.63) is 48.6 Å². The monoisotopic (exact) mass is 275 g/mol. The highest BCUT2D eigenvalue weighted by Gasteiger charge is 2.22. The third kappa shape index (κ3) is 4.70. The van der Waals surface area contributed by atoms with Gasteiger partial charge in [-0.25, -0.2) is 4.79 Å². The summed E-state index contributed by atoms with van der Waals surface area (Å²) < 4.78 is 10.1. The van der Waals surface area contributed by atoms with Crippen molar-refractivity contribution < 1.29 is 14.3 Å². The summed E-state index contributed by atoms with van der Waals surface area (Å²) in [5.74, 6) is 0. The zero-order chi connectivity index (χ0) is 14.2. The van der Waals surface area contributed by atoms with Crippen LogP contribution in [-0.2, 0) is 16.0 Å². The Hall–Kier alpha value is -1.81. The molecule has 20 heavy (non-hydrogen) atoms. The fourth-order valence-corrected chi connectivity index (χ4v) is 2.32. The molecule has 1 aromatic rings. The predicted molar refractivity (Wildman–Crippen MR) is 77.4 cm³/mol. The summed E-state index contributed by atoms with van der Waals surface area (Å²) in [4.78, 5) is 13.7. The minimum Gasteiger partial charge on any atom is -0.431 e. The zero-order valence-corrected chi connectivity index (χ0v) is 11.7. The van der Waals surface area contributed by atoms with Crippen LogP contribution in [0, 0.1) is 0 Å². The molecule has 0 N–H and O–H groups in total. The molecule has 2 rings (SSSR count). The lowest BCUT2D eigenvalue weighted by Crippen LogP contribution is -2.37. The maximum absolute atomic E-state index is 11.3. The van der Waals surface area contributed by atoms with Crippen LogP contribution in [0.25, 0.3) is 0 Å². The Morgan fingerprint density at radius 3 is 2.65 bits per heavy atom. The van der Waals surface area contributed by atoms with Gasteiger partial charge in [0, 0.05) is 19.6 Å². The van der Waals surface area contributed by atoms with Crippen LogP contribution in [0.1, 0.15) is 18.4 Å². The topological polar surface area (TPSA) is 38.8 Å². The Morgan fingerprint density at radius 2 is 2.00 bits per heavy atom. The molecular weight excluding hydrogens is 254 g/mol. The van der Waals surface area contributed by atoms with Crippen molar-refractivity contribution in [3.8, 4) is 0 Å². The molecule has 0 unspecified atom stereocenters. The fraction of sp³-hybridized carbons (Fsp3) is 0.438. The summed E-state index contributed by atoms with van der Waals surface area (Å²) in [7, 11) is 0. The maximum atomic E-state index is 11.3. The van der Waals surface area contributed by atoms with Crippen molar-refractivity contribution >= 4 is 6.16 Å². The molecule has 108 valence electrons. The second-order valence-electron chi connectivity index (χ2n) is 4.93. The molecule has 4 nitrogen and oxygen atoms in total. The molecule has 4 heteroatoms. The van der Waals surface area contributed by atoms with E-state index in [-0.39, 0.29) is 12.7 Å². The molecule has 0 spiro atoms. The zero-order valence-electron chi connectivity index (χ0n) is 11.7. The number of nitrogens with zero attached hydrogens (tertiary/aromatic N) is 1. The molecule has 1 fully saturated rings. The van der Waals surface area contributed by atoms with Gasteiger partial charge in [0.15, 0.2) is 0 Å². The molecule has 0 saturated carbocycles. The van der Waals surface area contributed by atoms with Crippen LogP contribution in [0.2, 0.25) is 0 Å². The average Bonchev–Trinajstić information content (AvgIpc) is 2.48. The molecule has 0 amide bonds. The van der Waals surface area contributed by atoms with Gasteiger partial charge in [-0.1, -0.05) is 43.0 Å². The molecule has 1 heterocycles. The molecule has 0 radical (unpaired) electrons. The van der Waals surface area contributed by atoms with Gasteiger partial charge in [0.2, 0.25) is 0 Å². The third-order valence-electron chi connectivity index (χ3n) is 3.37. The Kier molecular flexibility index (Phi) is 5.62. The van der Waals surface area contributed by atoms with E-state index in [2.05, 4.69) is 35.7 Å². The van der Waals surface area contributed by atoms with E-state index in [4.69, 9.17) is 9.47 Å². The van der Waals surface area contributed by atoms with Gasteiger partial charge in [-0.3, -0.25) is 4.90 Å². The van der Waals surface area contributed by atoms with E-state index in [1.54, 1.807) is 0 Å². The molecule has 1 saturated heterocycles. The van der Waals surface area contributed by atoms with Crippen molar-refractivity contribution in [3.63, 3.8) is 0 Å². The predicted octanol–water partition coefficient (Wildman–Crippen LogP) is 2.99. The summed E-state index contributed by atoms with van der Waals surface area (Å²) in [6, 6.07) is 10.4. The molecular formula is C16H21NO3. The highest BCUT2D eigenvalue weighted by molar-refractivity contribution is 5.60. The number of carbonyl (C=O) groups excluding carboxylic acids is 1. The van der Waals surface area contributed by atoms with Crippen LogP contribution in [0.3, 0.4) is 0 Å². The molecule has 0 atom stereocenters. The van der Waals surface area contributed by atoms with Gasteiger partial charge in [-0.2, -0.15) is 0 Å². The second-order valence-corrected chi connectivity index (χ2v) is 4.93. The van der Waals surface area contributed by atoms with Gasteiger partial charge in [0.1, 0.15) is 12.7 Å². The summed E-state index contributed by atoms with van der Waals surface area (Å²) in [5.41, 5.74) is 1.32. The highest BCUT2D eigenvalue weighted by atomic mass is 16.7. The summed E-state index contributed by atoms with van der Waals surface area (Å²) in [6.07, 6.45) is 2.63. The van der Waals surface area contributed by atoms with Crippen LogP contribution < -0.4 is 0 Å². The van der Waals surface area contributed by atoms with Crippen LogP contribution in [-0.4, -0.2) is 36.9 Å². The number of hydrogen-bond acceptors (Lipinski definition) is 4. The van der Waals surface area contributed by atoms with E-state index >= 15 is 0 Å². The van der Waals surface area contributed by atoms with E-state index in [0.717, 1.165) is 32.5 Å². The van der Waals surface area contributed by atoms with Gasteiger partial charge < -0.3 is 9.47 Å². The van der Waals surface area contributed by atoms with E-state index in [0.29, 0.717) is 0 Å². The first-order chi connectivity index (χ1) is 9.78. The molecule has 1 aromatic carbocycles. The standard InChI is InChI=1S/C16H21NO3/c1-2-12-19-16(18)20-15-8-10-17(11-9-15)13-14-6-4-3-5-7-14/h2-7,15H,1,8-13H2. The third-order valence-corrected chi connectivity index (χ3v) is 3.37. The number of rotatable bonds is 5. The number of carbonyl (C=O) groups is 1. The number of hydrogen-bond donors (Lipinski definition) is 0. The minimum absolute atomic E-state index is 0.0284. The Labute approximate surface area is 120 Å². The number of benzene rings is 1. The minimum atomic E-state index is -0.591. The molecule has 0 bridgehead atoms. The molecule has 0 aromatic heterocycles. The largest absolute Gasteiger partial charge is 0.508 e. The Bertz CT molecular complexity index is 425. The molecule has 1 aliphatic heterocycles. The number of ether oxygens (including phenoxy) is 2. The van der Waals surface area contributed by atoms with E-state index in [1.165, 1.54) is 11.6 Å². The summed E-state index contributed by atoms with van der Waals surface area (Å²) in [6.45, 7) is 6.52. The number of piperidine rings is 1. The lowest BCUT2D eigenvalue weighted by atomic mass is 10.1. The van der Waals surface area contributed by atoms with Crippen molar-refractivity contribution in [2.45, 2.75) is 25.5 Å². The van der Waals surface area contributed by atoms with Crippen LogP contribution in [0.15, 0.2) is 43.0 Å². The lowest BCUT2D eigenvalue weighted by molar-refractivity contribution is 0.00323. The lowest BCUT2D eigenvalue weighted by Gasteiger charge is -2.31. The van der Waals surface area contributed by atoms with Gasteiger partial charge in [0.05, 0.1) is 0 Å². The first-order valence-electron chi connectivity index (χ1n) is 6.98. The Balaban J connectivity index is 1.70. The van der Waals surface area contributed by atoms with Crippen LogP contribution in [0.5, 0.6) is 0 Å². The van der Waals surface area contributed by atoms with E-state index < -0.39 is 6.16 Å². The highest BCUT2D eigenvalue weighted by Crippen LogP contribution is 2.16. The quantitative estimate of drug-likeness (QED) is 0.611. The average molecular weight is 275 g/mol.